The molecule has 0 fully saturated rings. The van der Waals surface area contributed by atoms with E-state index in [-0.39, 0.29) is 52.1 Å². The molecule has 23 valence electrons. The van der Waals surface area contributed by atoms with Gasteiger partial charge in [0.25, 0.3) is 0 Å². The molecular formula is HAlLaNiO. The summed E-state index contributed by atoms with van der Waals surface area (Å²) in [4.78, 5) is 0. The number of hydrogen-bond donors (Lipinski definition) is 0. The van der Waals surface area contributed by atoms with E-state index in [4.69, 9.17) is 3.80 Å². The van der Waals surface area contributed by atoms with E-state index in [0.717, 1.165) is 0 Å². The van der Waals surface area contributed by atoms with Crippen LogP contribution in [0.15, 0.2) is 0 Å². The first kappa shape index (κ1) is 16.6. The Hall–Kier alpha value is 2.02. The van der Waals surface area contributed by atoms with Crippen LogP contribution in [0.1, 0.15) is 0 Å². The average molecular weight is 242 g/mol. The fraction of sp³-hybridized carbons (Fsp3) is 0. The molecule has 0 aliphatic heterocycles. The van der Waals surface area contributed by atoms with E-state index in [2.05, 4.69) is 0 Å². The molecule has 0 bridgehead atoms. The van der Waals surface area contributed by atoms with Gasteiger partial charge < -0.3 is 0 Å². The summed E-state index contributed by atoms with van der Waals surface area (Å²) >= 11 is 0.611. The van der Waals surface area contributed by atoms with Crippen LogP contribution in [-0.2, 0) is 20.3 Å². The third-order valence-electron chi connectivity index (χ3n) is 0. The van der Waals surface area contributed by atoms with Crippen molar-refractivity contribution >= 4 is 16.2 Å². The zero-order valence-electron chi connectivity index (χ0n) is 2.01. The van der Waals surface area contributed by atoms with Crippen LogP contribution in [0.25, 0.3) is 0 Å². The van der Waals surface area contributed by atoms with Crippen molar-refractivity contribution in [1.29, 1.82) is 0 Å². The molecule has 0 aliphatic carbocycles. The molecule has 0 N–H and O–H groups in total. The van der Waals surface area contributed by atoms with Crippen LogP contribution in [0.3, 0.4) is 0 Å². The van der Waals surface area contributed by atoms with Gasteiger partial charge in [0, 0.05) is 52.1 Å². The van der Waals surface area contributed by atoms with Crippen molar-refractivity contribution in [3.05, 3.63) is 0 Å². The van der Waals surface area contributed by atoms with Gasteiger partial charge in [-0.1, -0.05) is 0 Å². The van der Waals surface area contributed by atoms with Gasteiger partial charge in [-0.3, -0.25) is 0 Å². The van der Waals surface area contributed by atoms with Gasteiger partial charge in [0.2, 0.25) is 0 Å². The van der Waals surface area contributed by atoms with Crippen LogP contribution < -0.4 is 0 Å². The van der Waals surface area contributed by atoms with E-state index in [1.807, 2.05) is 0 Å². The molecular weight excluding hydrogens is 241 g/mol. The predicted octanol–water partition coefficient (Wildman–Crippen LogP) is -0.770. The molecule has 0 rings (SSSR count). The maximum absolute atomic E-state index is 8.28. The van der Waals surface area contributed by atoms with Gasteiger partial charge in [0.15, 0.2) is 0 Å². The quantitative estimate of drug-likeness (QED) is 0.509. The Morgan fingerprint density at radius 1 is 1.25 bits per heavy atom. The zero-order chi connectivity index (χ0) is 2.00. The minimum absolute atomic E-state index is 0. The van der Waals surface area contributed by atoms with Crippen LogP contribution in [0, 0.1) is 35.6 Å². The second-order valence-electron chi connectivity index (χ2n) is 0. The average Bonchev–Trinajstić information content (AvgIpc) is 1.00. The van der Waals surface area contributed by atoms with Gasteiger partial charge in [0.1, 0.15) is 0 Å². The molecule has 4 heavy (non-hydrogen) atoms. The Morgan fingerprint density at radius 3 is 1.25 bits per heavy atom. The molecule has 1 radical (unpaired) electrons. The van der Waals surface area contributed by atoms with E-state index in [9.17, 15) is 0 Å². The molecule has 4 heteroatoms. The minimum atomic E-state index is 0. The predicted molar refractivity (Wildman–Crippen MR) is 7.84 cm³/mol. The molecule has 0 amide bonds. The van der Waals surface area contributed by atoms with Crippen molar-refractivity contribution < 1.29 is 55.9 Å². The van der Waals surface area contributed by atoms with E-state index >= 15 is 0 Å². The Balaban J connectivity index is -0.00000000500. The Labute approximate surface area is 71.1 Å². The standard InChI is InChI=1S/Al.La.Ni.O.H. The van der Waals surface area contributed by atoms with Crippen LogP contribution in [-0.4, -0.2) is 16.2 Å². The first-order chi connectivity index (χ1) is 1.00. The third kappa shape index (κ3) is 8.98. The Bertz CT molecular complexity index is 8.00. The van der Waals surface area contributed by atoms with Crippen molar-refractivity contribution in [2.45, 2.75) is 0 Å². The van der Waals surface area contributed by atoms with E-state index < -0.39 is 0 Å². The van der Waals surface area contributed by atoms with Gasteiger partial charge in [-0.15, -0.1) is 0 Å². The topological polar surface area (TPSA) is 17.1 Å². The maximum atomic E-state index is 8.28. The Kier molecular flexibility index (Phi) is 82.7. The normalized spacial score (nSPS) is 0.750. The SMILES string of the molecule is [La].[Ni].[O]=[AlH]. The summed E-state index contributed by atoms with van der Waals surface area (Å²) in [6, 6.07) is 0. The van der Waals surface area contributed by atoms with Crippen molar-refractivity contribution in [3.63, 3.8) is 0 Å². The number of hydrogen-bond acceptors (Lipinski definition) is 1. The zero-order valence-corrected chi connectivity index (χ0v) is 8.04. The summed E-state index contributed by atoms with van der Waals surface area (Å²) < 4.78 is 8.28. The molecule has 0 unspecified atom stereocenters. The molecule has 0 heterocycles. The van der Waals surface area contributed by atoms with E-state index in [1.165, 1.54) is 0 Å². The summed E-state index contributed by atoms with van der Waals surface area (Å²) in [6.07, 6.45) is 0. The van der Waals surface area contributed by atoms with Gasteiger partial charge >= 0.3 is 20.0 Å². The van der Waals surface area contributed by atoms with Crippen LogP contribution in [0.2, 0.25) is 0 Å². The van der Waals surface area contributed by atoms with Crippen molar-refractivity contribution in [2.75, 3.05) is 0 Å². The second-order valence-corrected chi connectivity index (χ2v) is 0. The third-order valence-corrected chi connectivity index (χ3v) is 0. The van der Waals surface area contributed by atoms with Crippen LogP contribution in [0.5, 0.6) is 0 Å². The molecule has 0 aromatic rings. The molecule has 0 aromatic carbocycles. The summed E-state index contributed by atoms with van der Waals surface area (Å²) in [6.45, 7) is 0. The van der Waals surface area contributed by atoms with Crippen molar-refractivity contribution in [3.8, 4) is 0 Å². The van der Waals surface area contributed by atoms with Crippen molar-refractivity contribution in [2.24, 2.45) is 0 Å². The monoisotopic (exact) mass is 241 g/mol. The molecule has 1 nitrogen and oxygen atoms in total. The van der Waals surface area contributed by atoms with Gasteiger partial charge in [-0.2, -0.15) is 0 Å². The fourth-order valence-electron chi connectivity index (χ4n) is 0. The second kappa shape index (κ2) is 19.9. The summed E-state index contributed by atoms with van der Waals surface area (Å²) in [7, 11) is 0. The van der Waals surface area contributed by atoms with Gasteiger partial charge in [-0.05, 0) is 0 Å². The van der Waals surface area contributed by atoms with Gasteiger partial charge in [-0.25, -0.2) is 0 Å². The van der Waals surface area contributed by atoms with Crippen LogP contribution >= 0.6 is 0 Å². The molecule has 0 aromatic heterocycles. The van der Waals surface area contributed by atoms with E-state index in [1.54, 1.807) is 0 Å². The first-order valence-electron chi connectivity index (χ1n) is 0.289. The molecule has 0 atom stereocenters. The molecule has 0 spiro atoms. The summed E-state index contributed by atoms with van der Waals surface area (Å²) in [5.74, 6) is 0. The van der Waals surface area contributed by atoms with Crippen LogP contribution in [0.4, 0.5) is 0 Å². The fourth-order valence-corrected chi connectivity index (χ4v) is 0. The Morgan fingerprint density at radius 2 is 1.25 bits per heavy atom. The molecule has 0 saturated carbocycles. The summed E-state index contributed by atoms with van der Waals surface area (Å²) in [5.41, 5.74) is 0. The summed E-state index contributed by atoms with van der Waals surface area (Å²) in [5, 5.41) is 0. The van der Waals surface area contributed by atoms with Crippen molar-refractivity contribution in [1.82, 2.24) is 0 Å². The first-order valence-corrected chi connectivity index (χ1v) is 0.866. The molecule has 0 saturated heterocycles. The van der Waals surface area contributed by atoms with E-state index in [0.29, 0.717) is 16.2 Å². The molecule has 0 aliphatic rings. The number of rotatable bonds is 0. The van der Waals surface area contributed by atoms with Gasteiger partial charge in [0.05, 0.1) is 0 Å².